The summed E-state index contributed by atoms with van der Waals surface area (Å²) in [4.78, 5) is 24.4. The lowest BCUT2D eigenvalue weighted by Gasteiger charge is -2.11. The molecule has 3 aromatic rings. The lowest BCUT2D eigenvalue weighted by atomic mass is 10.0. The van der Waals surface area contributed by atoms with E-state index in [1.807, 2.05) is 18.2 Å². The average molecular weight is 346 g/mol. The van der Waals surface area contributed by atoms with Crippen LogP contribution in [0.15, 0.2) is 53.3 Å². The van der Waals surface area contributed by atoms with Crippen LogP contribution in [0.4, 0.5) is 5.69 Å². The second-order valence-electron chi connectivity index (χ2n) is 7.00. The lowest BCUT2D eigenvalue weighted by molar-refractivity contribution is 0.102. The highest BCUT2D eigenvalue weighted by atomic mass is 16.1. The molecule has 0 saturated carbocycles. The lowest BCUT2D eigenvalue weighted by Crippen LogP contribution is -2.16. The van der Waals surface area contributed by atoms with Gasteiger partial charge in [0.1, 0.15) is 0 Å². The predicted octanol–water partition coefficient (Wildman–Crippen LogP) is 4.06. The number of nitrogens with one attached hydrogen (secondary N) is 1. The Morgan fingerprint density at radius 2 is 1.73 bits per heavy atom. The van der Waals surface area contributed by atoms with Crippen LogP contribution in [-0.2, 0) is 19.9 Å². The van der Waals surface area contributed by atoms with Crippen molar-refractivity contribution in [2.45, 2.75) is 32.1 Å². The van der Waals surface area contributed by atoms with E-state index in [4.69, 9.17) is 0 Å². The molecule has 1 N–H and O–H groups in total. The van der Waals surface area contributed by atoms with Crippen LogP contribution in [0.5, 0.6) is 0 Å². The third-order valence-electron chi connectivity index (χ3n) is 5.24. The first-order valence-corrected chi connectivity index (χ1v) is 9.15. The van der Waals surface area contributed by atoms with Crippen LogP contribution in [0, 0.1) is 0 Å². The molecule has 0 radical (unpaired) electrons. The number of amides is 1. The number of fused-ring (bicyclic) bond motifs is 2. The number of rotatable bonds is 2. The summed E-state index contributed by atoms with van der Waals surface area (Å²) in [5.74, 6) is -0.130. The number of carbonyl (C=O) groups excluding carboxylic acids is 1. The summed E-state index contributed by atoms with van der Waals surface area (Å²) >= 11 is 0. The molecule has 0 fully saturated rings. The Labute approximate surface area is 152 Å². The molecule has 2 aromatic carbocycles. The Morgan fingerprint density at radius 1 is 0.923 bits per heavy atom. The summed E-state index contributed by atoms with van der Waals surface area (Å²) in [6, 6.07) is 15.0. The Kier molecular flexibility index (Phi) is 4.33. The van der Waals surface area contributed by atoms with Crippen molar-refractivity contribution in [2.75, 3.05) is 5.32 Å². The zero-order valence-electron chi connectivity index (χ0n) is 14.9. The van der Waals surface area contributed by atoms with Crippen LogP contribution in [0.2, 0.25) is 0 Å². The van der Waals surface area contributed by atoms with Gasteiger partial charge in [0.25, 0.3) is 11.5 Å². The second-order valence-corrected chi connectivity index (χ2v) is 7.00. The van der Waals surface area contributed by atoms with Crippen LogP contribution in [-0.4, -0.2) is 10.5 Å². The number of anilines is 1. The summed E-state index contributed by atoms with van der Waals surface area (Å²) in [5.41, 5.74) is 4.96. The minimum atomic E-state index is -0.130. The first kappa shape index (κ1) is 16.6. The summed E-state index contributed by atoms with van der Waals surface area (Å²) in [6.45, 7) is 0. The monoisotopic (exact) mass is 346 g/mol. The molecule has 0 unspecified atom stereocenters. The van der Waals surface area contributed by atoms with E-state index in [1.54, 1.807) is 23.7 Å². The van der Waals surface area contributed by atoms with Crippen LogP contribution >= 0.6 is 0 Å². The van der Waals surface area contributed by atoms with Crippen LogP contribution in [0.1, 0.15) is 40.7 Å². The molecule has 1 aliphatic rings. The van der Waals surface area contributed by atoms with Crippen molar-refractivity contribution in [3.05, 3.63) is 75.6 Å². The van der Waals surface area contributed by atoms with Crippen molar-refractivity contribution in [1.29, 1.82) is 0 Å². The topological polar surface area (TPSA) is 51.1 Å². The average Bonchev–Trinajstić information content (AvgIpc) is 2.89. The van der Waals surface area contributed by atoms with Gasteiger partial charge >= 0.3 is 0 Å². The van der Waals surface area contributed by atoms with Crippen molar-refractivity contribution < 1.29 is 4.79 Å². The highest BCUT2D eigenvalue weighted by Crippen LogP contribution is 2.24. The number of pyridine rings is 1. The van der Waals surface area contributed by atoms with E-state index < -0.39 is 0 Å². The smallest absolute Gasteiger partial charge is 0.255 e. The van der Waals surface area contributed by atoms with Gasteiger partial charge in [-0.05, 0) is 78.6 Å². The van der Waals surface area contributed by atoms with Gasteiger partial charge in [-0.25, -0.2) is 0 Å². The fraction of sp³-hybridized carbons (Fsp3) is 0.273. The molecule has 1 amide bonds. The minimum absolute atomic E-state index is 0.0559. The Balaban J connectivity index is 1.60. The van der Waals surface area contributed by atoms with E-state index in [-0.39, 0.29) is 11.5 Å². The molecule has 1 aliphatic carbocycles. The van der Waals surface area contributed by atoms with Crippen LogP contribution in [0.25, 0.3) is 10.9 Å². The SMILES string of the molecule is Cn1c(=O)ccc2cc(C(=O)Nc3ccc4c(c3)CCCCC4)ccc21. The molecule has 132 valence electrons. The van der Waals surface area contributed by atoms with Gasteiger partial charge in [0.2, 0.25) is 0 Å². The van der Waals surface area contributed by atoms with Crippen molar-refractivity contribution in [3.63, 3.8) is 0 Å². The second kappa shape index (κ2) is 6.79. The van der Waals surface area contributed by atoms with E-state index in [0.717, 1.165) is 29.4 Å². The van der Waals surface area contributed by atoms with Gasteiger partial charge in [-0.2, -0.15) is 0 Å². The van der Waals surface area contributed by atoms with Gasteiger partial charge in [0, 0.05) is 24.4 Å². The normalized spacial score (nSPS) is 13.9. The first-order valence-electron chi connectivity index (χ1n) is 9.15. The van der Waals surface area contributed by atoms with Gasteiger partial charge in [-0.1, -0.05) is 12.5 Å². The maximum Gasteiger partial charge on any atom is 0.255 e. The number of carbonyl (C=O) groups is 1. The molecule has 0 aliphatic heterocycles. The zero-order valence-corrected chi connectivity index (χ0v) is 14.9. The maximum absolute atomic E-state index is 12.7. The highest BCUT2D eigenvalue weighted by molar-refractivity contribution is 6.06. The molecule has 4 rings (SSSR count). The van der Waals surface area contributed by atoms with Gasteiger partial charge in [-0.15, -0.1) is 0 Å². The quantitative estimate of drug-likeness (QED) is 0.712. The van der Waals surface area contributed by atoms with Crippen molar-refractivity contribution in [2.24, 2.45) is 7.05 Å². The Bertz CT molecular complexity index is 1050. The van der Waals surface area contributed by atoms with E-state index in [0.29, 0.717) is 5.56 Å². The van der Waals surface area contributed by atoms with E-state index >= 15 is 0 Å². The molecule has 0 spiro atoms. The molecular weight excluding hydrogens is 324 g/mol. The molecule has 4 nitrogen and oxygen atoms in total. The molecule has 0 atom stereocenters. The predicted molar refractivity (Wildman–Crippen MR) is 105 cm³/mol. The molecule has 0 bridgehead atoms. The largest absolute Gasteiger partial charge is 0.322 e. The van der Waals surface area contributed by atoms with Crippen LogP contribution < -0.4 is 10.9 Å². The third kappa shape index (κ3) is 3.15. The number of nitrogens with zero attached hydrogens (tertiary/aromatic N) is 1. The Hall–Kier alpha value is -2.88. The summed E-state index contributed by atoms with van der Waals surface area (Å²) in [7, 11) is 1.74. The molecular formula is C22H22N2O2. The molecule has 1 aromatic heterocycles. The minimum Gasteiger partial charge on any atom is -0.322 e. The molecule has 0 saturated heterocycles. The molecule has 1 heterocycles. The standard InChI is InChI=1S/C22H22N2O2/c1-24-20-11-8-18(13-17(20)9-12-21(24)25)22(26)23-19-10-7-15-5-3-2-4-6-16(15)14-19/h7-14H,2-6H2,1H3,(H,23,26). The fourth-order valence-corrected chi connectivity index (χ4v) is 3.72. The van der Waals surface area contributed by atoms with Gasteiger partial charge in [0.15, 0.2) is 0 Å². The van der Waals surface area contributed by atoms with Crippen molar-refractivity contribution in [1.82, 2.24) is 4.57 Å². The summed E-state index contributed by atoms with van der Waals surface area (Å²) < 4.78 is 1.59. The fourth-order valence-electron chi connectivity index (χ4n) is 3.72. The number of benzene rings is 2. The highest BCUT2D eigenvalue weighted by Gasteiger charge is 2.12. The maximum atomic E-state index is 12.7. The third-order valence-corrected chi connectivity index (χ3v) is 5.24. The Morgan fingerprint density at radius 3 is 2.58 bits per heavy atom. The zero-order chi connectivity index (χ0) is 18.1. The first-order chi connectivity index (χ1) is 12.6. The number of hydrogen-bond acceptors (Lipinski definition) is 2. The van der Waals surface area contributed by atoms with Crippen LogP contribution in [0.3, 0.4) is 0 Å². The number of hydrogen-bond donors (Lipinski definition) is 1. The molecule has 4 heteroatoms. The molecule has 26 heavy (non-hydrogen) atoms. The van der Waals surface area contributed by atoms with Crippen molar-refractivity contribution >= 4 is 22.5 Å². The van der Waals surface area contributed by atoms with E-state index in [2.05, 4.69) is 17.4 Å². The van der Waals surface area contributed by atoms with Crippen molar-refractivity contribution in [3.8, 4) is 0 Å². The van der Waals surface area contributed by atoms with E-state index in [9.17, 15) is 9.59 Å². The number of aromatic nitrogens is 1. The van der Waals surface area contributed by atoms with Gasteiger partial charge in [-0.3, -0.25) is 9.59 Å². The number of aryl methyl sites for hydroxylation is 3. The van der Waals surface area contributed by atoms with Gasteiger partial charge in [0.05, 0.1) is 5.52 Å². The van der Waals surface area contributed by atoms with E-state index in [1.165, 1.54) is 36.5 Å². The van der Waals surface area contributed by atoms with Gasteiger partial charge < -0.3 is 9.88 Å². The summed E-state index contributed by atoms with van der Waals surface area (Å²) in [5, 5.41) is 3.89. The summed E-state index contributed by atoms with van der Waals surface area (Å²) in [6.07, 6.45) is 5.96.